The Hall–Kier alpha value is -2.19. The van der Waals surface area contributed by atoms with Gasteiger partial charge in [-0.05, 0) is 43.0 Å². The number of nitrogens with zero attached hydrogens (tertiary/aromatic N) is 4. The first-order chi connectivity index (χ1) is 12.2. The number of rotatable bonds is 7. The van der Waals surface area contributed by atoms with Gasteiger partial charge in [-0.2, -0.15) is 0 Å². The molecule has 0 aliphatic heterocycles. The van der Waals surface area contributed by atoms with E-state index in [1.807, 2.05) is 41.1 Å². The number of thioether (sulfide) groups is 1. The largest absolute Gasteiger partial charge is 0.349 e. The van der Waals surface area contributed by atoms with Crippen LogP contribution in [0.2, 0.25) is 0 Å². The molecule has 0 radical (unpaired) electrons. The molecule has 0 saturated heterocycles. The van der Waals surface area contributed by atoms with Gasteiger partial charge in [-0.15, -0.1) is 21.5 Å². The second-order valence-corrected chi connectivity index (χ2v) is 7.28. The lowest BCUT2D eigenvalue weighted by molar-refractivity contribution is -0.119. The van der Waals surface area contributed by atoms with Crippen LogP contribution in [0, 0.1) is 0 Å². The Bertz CT molecular complexity index is 817. The van der Waals surface area contributed by atoms with Gasteiger partial charge in [-0.25, -0.2) is 0 Å². The molecule has 3 aromatic rings. The molecule has 130 valence electrons. The van der Waals surface area contributed by atoms with Crippen LogP contribution in [0.15, 0.2) is 47.2 Å². The Morgan fingerprint density at radius 2 is 2.12 bits per heavy atom. The van der Waals surface area contributed by atoms with E-state index >= 15 is 0 Å². The summed E-state index contributed by atoms with van der Waals surface area (Å²) in [6.07, 6.45) is 3.45. The van der Waals surface area contributed by atoms with E-state index in [-0.39, 0.29) is 11.9 Å². The summed E-state index contributed by atoms with van der Waals surface area (Å²) in [5.74, 6) is 1.13. The fraction of sp³-hybridized carbons (Fsp3) is 0.294. The summed E-state index contributed by atoms with van der Waals surface area (Å²) in [4.78, 5) is 17.3. The number of carbonyl (C=O) groups is 1. The van der Waals surface area contributed by atoms with Gasteiger partial charge >= 0.3 is 0 Å². The maximum absolute atomic E-state index is 12.2. The van der Waals surface area contributed by atoms with Crippen molar-refractivity contribution in [3.63, 3.8) is 0 Å². The number of pyridine rings is 1. The molecule has 1 unspecified atom stereocenters. The second kappa shape index (κ2) is 8.26. The molecule has 6 nitrogen and oxygen atoms in total. The summed E-state index contributed by atoms with van der Waals surface area (Å²) in [5, 5.41) is 14.3. The van der Waals surface area contributed by atoms with Gasteiger partial charge in [0.25, 0.3) is 0 Å². The van der Waals surface area contributed by atoms with Crippen molar-refractivity contribution < 1.29 is 4.79 Å². The Morgan fingerprint density at radius 1 is 1.32 bits per heavy atom. The van der Waals surface area contributed by atoms with Crippen LogP contribution in [-0.2, 0) is 11.3 Å². The Labute approximate surface area is 154 Å². The molecule has 25 heavy (non-hydrogen) atoms. The standard InChI is InChI=1S/C17H19N5OS2/c1-3-22-16(14-5-4-10-24-14)20-21-17(22)25-11-15(23)19-12(2)13-6-8-18-9-7-13/h4-10,12H,3,11H2,1-2H3,(H,19,23). The summed E-state index contributed by atoms with van der Waals surface area (Å²) in [7, 11) is 0. The molecule has 8 heteroatoms. The van der Waals surface area contributed by atoms with Gasteiger partial charge in [0.1, 0.15) is 0 Å². The molecule has 0 fully saturated rings. The molecule has 1 atom stereocenters. The van der Waals surface area contributed by atoms with Crippen LogP contribution in [0.3, 0.4) is 0 Å². The maximum Gasteiger partial charge on any atom is 0.230 e. The van der Waals surface area contributed by atoms with E-state index in [1.54, 1.807) is 23.7 Å². The number of thiophene rings is 1. The zero-order valence-electron chi connectivity index (χ0n) is 14.0. The third-order valence-corrected chi connectivity index (χ3v) is 5.52. The van der Waals surface area contributed by atoms with Crippen molar-refractivity contribution in [1.29, 1.82) is 0 Å². The van der Waals surface area contributed by atoms with Crippen LogP contribution >= 0.6 is 23.1 Å². The van der Waals surface area contributed by atoms with Crippen LogP contribution < -0.4 is 5.32 Å². The molecular weight excluding hydrogens is 354 g/mol. The van der Waals surface area contributed by atoms with Crippen LogP contribution in [0.1, 0.15) is 25.5 Å². The highest BCUT2D eigenvalue weighted by Gasteiger charge is 2.16. The summed E-state index contributed by atoms with van der Waals surface area (Å²) >= 11 is 3.04. The fourth-order valence-electron chi connectivity index (χ4n) is 2.42. The Kier molecular flexibility index (Phi) is 5.83. The minimum absolute atomic E-state index is 0.0300. The highest BCUT2D eigenvalue weighted by Crippen LogP contribution is 2.27. The van der Waals surface area contributed by atoms with Crippen molar-refractivity contribution in [2.45, 2.75) is 31.6 Å². The van der Waals surface area contributed by atoms with Crippen molar-refractivity contribution >= 4 is 29.0 Å². The SMILES string of the molecule is CCn1c(SCC(=O)NC(C)c2ccncc2)nnc1-c1cccs1. The van der Waals surface area contributed by atoms with Gasteiger partial charge < -0.3 is 9.88 Å². The van der Waals surface area contributed by atoms with Crippen LogP contribution in [0.4, 0.5) is 0 Å². The number of amides is 1. The quantitative estimate of drug-likeness (QED) is 0.643. The third-order valence-electron chi connectivity index (χ3n) is 3.69. The summed E-state index contributed by atoms with van der Waals surface area (Å²) in [6.45, 7) is 4.77. The number of hydrogen-bond donors (Lipinski definition) is 1. The molecule has 0 spiro atoms. The fourth-order valence-corrected chi connectivity index (χ4v) is 3.95. The molecule has 3 aromatic heterocycles. The number of aromatic nitrogens is 4. The van der Waals surface area contributed by atoms with Crippen molar-refractivity contribution in [3.05, 3.63) is 47.6 Å². The average molecular weight is 374 g/mol. The molecule has 0 bridgehead atoms. The van der Waals surface area contributed by atoms with Gasteiger partial charge in [0.2, 0.25) is 5.91 Å². The van der Waals surface area contributed by atoms with E-state index < -0.39 is 0 Å². The first-order valence-corrected chi connectivity index (χ1v) is 9.84. The zero-order chi connectivity index (χ0) is 17.6. The molecule has 1 amide bonds. The minimum Gasteiger partial charge on any atom is -0.349 e. The minimum atomic E-state index is -0.0539. The van der Waals surface area contributed by atoms with E-state index in [0.29, 0.717) is 5.75 Å². The molecule has 0 aliphatic carbocycles. The lowest BCUT2D eigenvalue weighted by atomic mass is 10.1. The highest BCUT2D eigenvalue weighted by atomic mass is 32.2. The van der Waals surface area contributed by atoms with Gasteiger partial charge in [-0.3, -0.25) is 9.78 Å². The van der Waals surface area contributed by atoms with Gasteiger partial charge in [-0.1, -0.05) is 17.8 Å². The smallest absolute Gasteiger partial charge is 0.230 e. The first-order valence-electron chi connectivity index (χ1n) is 7.98. The van der Waals surface area contributed by atoms with Gasteiger partial charge in [0.15, 0.2) is 11.0 Å². The van der Waals surface area contributed by atoms with E-state index in [2.05, 4.69) is 27.4 Å². The Balaban J connectivity index is 1.61. The third kappa shape index (κ3) is 4.26. The lowest BCUT2D eigenvalue weighted by Gasteiger charge is -2.13. The normalized spacial score (nSPS) is 12.1. The zero-order valence-corrected chi connectivity index (χ0v) is 15.7. The van der Waals surface area contributed by atoms with Crippen molar-refractivity contribution in [2.24, 2.45) is 0 Å². The second-order valence-electron chi connectivity index (χ2n) is 5.39. The van der Waals surface area contributed by atoms with E-state index in [0.717, 1.165) is 28.0 Å². The lowest BCUT2D eigenvalue weighted by Crippen LogP contribution is -2.28. The predicted molar refractivity (Wildman–Crippen MR) is 101 cm³/mol. The first kappa shape index (κ1) is 17.6. The van der Waals surface area contributed by atoms with Gasteiger partial charge in [0, 0.05) is 18.9 Å². The van der Waals surface area contributed by atoms with E-state index in [1.165, 1.54) is 11.8 Å². The average Bonchev–Trinajstić information content (AvgIpc) is 3.29. The maximum atomic E-state index is 12.2. The number of nitrogens with one attached hydrogen (secondary N) is 1. The van der Waals surface area contributed by atoms with Crippen molar-refractivity contribution in [3.8, 4) is 10.7 Å². The van der Waals surface area contributed by atoms with Crippen molar-refractivity contribution in [2.75, 3.05) is 5.75 Å². The van der Waals surface area contributed by atoms with Crippen molar-refractivity contribution in [1.82, 2.24) is 25.1 Å². The molecule has 3 rings (SSSR count). The molecular formula is C17H19N5OS2. The molecule has 1 N–H and O–H groups in total. The monoisotopic (exact) mass is 373 g/mol. The topological polar surface area (TPSA) is 72.7 Å². The molecule has 0 aromatic carbocycles. The molecule has 0 saturated carbocycles. The highest BCUT2D eigenvalue weighted by molar-refractivity contribution is 7.99. The number of carbonyl (C=O) groups excluding carboxylic acids is 1. The number of hydrogen-bond acceptors (Lipinski definition) is 6. The van der Waals surface area contributed by atoms with Crippen LogP contribution in [0.25, 0.3) is 10.7 Å². The summed E-state index contributed by atoms with van der Waals surface area (Å²) < 4.78 is 2.04. The van der Waals surface area contributed by atoms with Crippen LogP contribution in [-0.4, -0.2) is 31.4 Å². The van der Waals surface area contributed by atoms with Gasteiger partial charge in [0.05, 0.1) is 16.7 Å². The predicted octanol–water partition coefficient (Wildman–Crippen LogP) is 3.39. The summed E-state index contributed by atoms with van der Waals surface area (Å²) in [6, 6.07) is 7.77. The summed E-state index contributed by atoms with van der Waals surface area (Å²) in [5.41, 5.74) is 1.03. The Morgan fingerprint density at radius 3 is 2.80 bits per heavy atom. The molecule has 0 aliphatic rings. The molecule has 3 heterocycles. The van der Waals surface area contributed by atoms with E-state index in [4.69, 9.17) is 0 Å². The van der Waals surface area contributed by atoms with E-state index in [9.17, 15) is 4.79 Å². The van der Waals surface area contributed by atoms with Crippen LogP contribution in [0.5, 0.6) is 0 Å².